The first-order valence-corrected chi connectivity index (χ1v) is 5.07. The summed E-state index contributed by atoms with van der Waals surface area (Å²) in [6.07, 6.45) is 0. The summed E-state index contributed by atoms with van der Waals surface area (Å²) in [7, 11) is 0. The standard InChI is InChI=1S/C10H13N3O5/c1-2-17-6-18-9-4-3-7(10(11)12-14)5-8(9)13(15)16/h3-5,14H,2,6H2,1H3,(H2,11,12). The van der Waals surface area contributed by atoms with Gasteiger partial charge in [0, 0.05) is 18.2 Å². The molecule has 1 aromatic carbocycles. The average Bonchev–Trinajstić information content (AvgIpc) is 2.38. The maximum atomic E-state index is 10.9. The first kappa shape index (κ1) is 13.7. The van der Waals surface area contributed by atoms with E-state index < -0.39 is 4.92 Å². The molecular formula is C10H13N3O5. The molecule has 1 aromatic rings. The highest BCUT2D eigenvalue weighted by Gasteiger charge is 2.17. The van der Waals surface area contributed by atoms with Crippen LogP contribution in [0.25, 0.3) is 0 Å². The van der Waals surface area contributed by atoms with Crippen LogP contribution in [0.15, 0.2) is 23.4 Å². The largest absolute Gasteiger partial charge is 0.460 e. The molecule has 0 atom stereocenters. The minimum Gasteiger partial charge on any atom is -0.460 e. The molecule has 0 aliphatic rings. The molecule has 0 saturated carbocycles. The number of nitrogens with zero attached hydrogens (tertiary/aromatic N) is 2. The van der Waals surface area contributed by atoms with Crippen molar-refractivity contribution < 1.29 is 19.6 Å². The van der Waals surface area contributed by atoms with Gasteiger partial charge in [0.15, 0.2) is 18.4 Å². The molecule has 0 aromatic heterocycles. The Kier molecular flexibility index (Phi) is 4.88. The second-order valence-corrected chi connectivity index (χ2v) is 3.18. The third-order valence-electron chi connectivity index (χ3n) is 2.06. The highest BCUT2D eigenvalue weighted by Crippen LogP contribution is 2.27. The lowest BCUT2D eigenvalue weighted by Gasteiger charge is -2.07. The number of rotatable bonds is 6. The predicted octanol–water partition coefficient (Wildman–Crippen LogP) is 1.06. The van der Waals surface area contributed by atoms with E-state index in [0.29, 0.717) is 6.61 Å². The van der Waals surface area contributed by atoms with Gasteiger partial charge in [-0.2, -0.15) is 0 Å². The number of nitro benzene ring substituents is 1. The number of benzene rings is 1. The zero-order valence-corrected chi connectivity index (χ0v) is 9.70. The quantitative estimate of drug-likeness (QED) is 0.149. The van der Waals surface area contributed by atoms with E-state index in [1.54, 1.807) is 6.92 Å². The Balaban J connectivity index is 3.01. The monoisotopic (exact) mass is 255 g/mol. The van der Waals surface area contributed by atoms with Crippen LogP contribution in [-0.2, 0) is 4.74 Å². The Morgan fingerprint density at radius 2 is 2.33 bits per heavy atom. The van der Waals surface area contributed by atoms with Gasteiger partial charge in [0.25, 0.3) is 0 Å². The Bertz CT molecular complexity index is 461. The van der Waals surface area contributed by atoms with E-state index >= 15 is 0 Å². The summed E-state index contributed by atoms with van der Waals surface area (Å²) < 4.78 is 10.0. The third kappa shape index (κ3) is 3.32. The minimum atomic E-state index is -0.616. The van der Waals surface area contributed by atoms with Gasteiger partial charge in [-0.1, -0.05) is 5.16 Å². The molecule has 0 amide bonds. The maximum absolute atomic E-state index is 10.9. The normalized spacial score (nSPS) is 11.3. The van der Waals surface area contributed by atoms with Crippen LogP contribution >= 0.6 is 0 Å². The van der Waals surface area contributed by atoms with Gasteiger partial charge in [-0.25, -0.2) is 0 Å². The molecule has 18 heavy (non-hydrogen) atoms. The van der Waals surface area contributed by atoms with E-state index in [2.05, 4.69) is 5.16 Å². The summed E-state index contributed by atoms with van der Waals surface area (Å²) in [6.45, 7) is 2.13. The molecule has 0 radical (unpaired) electrons. The Morgan fingerprint density at radius 1 is 1.61 bits per heavy atom. The molecule has 3 N–H and O–H groups in total. The van der Waals surface area contributed by atoms with Crippen LogP contribution in [0, 0.1) is 10.1 Å². The first-order valence-electron chi connectivity index (χ1n) is 5.07. The van der Waals surface area contributed by atoms with Gasteiger partial charge in [0.2, 0.25) is 0 Å². The number of oxime groups is 1. The second-order valence-electron chi connectivity index (χ2n) is 3.18. The molecule has 0 spiro atoms. The lowest BCUT2D eigenvalue weighted by Crippen LogP contribution is -2.13. The molecular weight excluding hydrogens is 242 g/mol. The van der Waals surface area contributed by atoms with Crippen molar-refractivity contribution in [3.8, 4) is 5.75 Å². The van der Waals surface area contributed by atoms with Crippen LogP contribution in [0.4, 0.5) is 5.69 Å². The number of nitro groups is 1. The molecule has 0 fully saturated rings. The molecule has 1 rings (SSSR count). The SMILES string of the molecule is CCOCOc1ccc(C(N)=NO)cc1[N+](=O)[O-]. The Morgan fingerprint density at radius 3 is 2.89 bits per heavy atom. The minimum absolute atomic E-state index is 0.0583. The summed E-state index contributed by atoms with van der Waals surface area (Å²) >= 11 is 0. The molecule has 0 heterocycles. The summed E-state index contributed by atoms with van der Waals surface area (Å²) in [5.41, 5.74) is 5.30. The van der Waals surface area contributed by atoms with E-state index in [4.69, 9.17) is 20.4 Å². The first-order chi connectivity index (χ1) is 8.60. The summed E-state index contributed by atoms with van der Waals surface area (Å²) in [4.78, 5) is 10.2. The molecule has 8 nitrogen and oxygen atoms in total. The van der Waals surface area contributed by atoms with Crippen molar-refractivity contribution >= 4 is 11.5 Å². The number of hydrogen-bond donors (Lipinski definition) is 2. The van der Waals surface area contributed by atoms with E-state index in [-0.39, 0.29) is 29.6 Å². The van der Waals surface area contributed by atoms with Crippen molar-refractivity contribution in [3.63, 3.8) is 0 Å². The summed E-state index contributed by atoms with van der Waals surface area (Å²) in [5, 5.41) is 22.1. The number of hydrogen-bond acceptors (Lipinski definition) is 6. The van der Waals surface area contributed by atoms with Crippen molar-refractivity contribution in [2.75, 3.05) is 13.4 Å². The second kappa shape index (κ2) is 6.40. The number of nitrogens with two attached hydrogens (primary N) is 1. The zero-order valence-electron chi connectivity index (χ0n) is 9.70. The molecule has 0 unspecified atom stereocenters. The van der Waals surface area contributed by atoms with Gasteiger partial charge in [-0.05, 0) is 19.1 Å². The smallest absolute Gasteiger partial charge is 0.311 e. The Labute approximate surface area is 103 Å². The lowest BCUT2D eigenvalue weighted by atomic mass is 10.2. The van der Waals surface area contributed by atoms with Crippen LogP contribution in [0.1, 0.15) is 12.5 Å². The lowest BCUT2D eigenvalue weighted by molar-refractivity contribution is -0.386. The predicted molar refractivity (Wildman–Crippen MR) is 62.7 cm³/mol. The molecule has 98 valence electrons. The number of ether oxygens (including phenoxy) is 2. The zero-order chi connectivity index (χ0) is 13.5. The molecule has 0 saturated heterocycles. The van der Waals surface area contributed by atoms with Crippen molar-refractivity contribution in [3.05, 3.63) is 33.9 Å². The van der Waals surface area contributed by atoms with Gasteiger partial charge >= 0.3 is 5.69 Å². The van der Waals surface area contributed by atoms with E-state index in [1.165, 1.54) is 12.1 Å². The average molecular weight is 255 g/mol. The fraction of sp³-hybridized carbons (Fsp3) is 0.300. The van der Waals surface area contributed by atoms with Crippen molar-refractivity contribution in [1.29, 1.82) is 0 Å². The van der Waals surface area contributed by atoms with Gasteiger partial charge in [-0.3, -0.25) is 10.1 Å². The highest BCUT2D eigenvalue weighted by molar-refractivity contribution is 5.97. The highest BCUT2D eigenvalue weighted by atomic mass is 16.7. The fourth-order valence-corrected chi connectivity index (χ4v) is 1.19. The van der Waals surface area contributed by atoms with Crippen molar-refractivity contribution in [1.82, 2.24) is 0 Å². The van der Waals surface area contributed by atoms with Crippen molar-refractivity contribution in [2.45, 2.75) is 6.92 Å². The van der Waals surface area contributed by atoms with Crippen LogP contribution in [-0.4, -0.2) is 29.4 Å². The van der Waals surface area contributed by atoms with Crippen LogP contribution in [0.5, 0.6) is 5.75 Å². The molecule has 0 aliphatic heterocycles. The Hall–Kier alpha value is -2.35. The topological polar surface area (TPSA) is 120 Å². The van der Waals surface area contributed by atoms with Gasteiger partial charge in [0.05, 0.1) is 4.92 Å². The van der Waals surface area contributed by atoms with Crippen LogP contribution in [0.2, 0.25) is 0 Å². The van der Waals surface area contributed by atoms with Gasteiger partial charge in [-0.15, -0.1) is 0 Å². The molecule has 0 aliphatic carbocycles. The molecule has 8 heteroatoms. The number of amidine groups is 1. The van der Waals surface area contributed by atoms with E-state index in [1.807, 2.05) is 0 Å². The maximum Gasteiger partial charge on any atom is 0.311 e. The van der Waals surface area contributed by atoms with Crippen LogP contribution in [0.3, 0.4) is 0 Å². The molecule has 0 bridgehead atoms. The van der Waals surface area contributed by atoms with Gasteiger partial charge in [0.1, 0.15) is 0 Å². The van der Waals surface area contributed by atoms with Crippen molar-refractivity contribution in [2.24, 2.45) is 10.9 Å². The van der Waals surface area contributed by atoms with E-state index in [0.717, 1.165) is 6.07 Å². The third-order valence-corrected chi connectivity index (χ3v) is 2.06. The summed E-state index contributed by atoms with van der Waals surface area (Å²) in [6, 6.07) is 3.98. The fourth-order valence-electron chi connectivity index (χ4n) is 1.19. The van der Waals surface area contributed by atoms with Crippen LogP contribution < -0.4 is 10.5 Å². The van der Waals surface area contributed by atoms with E-state index in [9.17, 15) is 10.1 Å². The van der Waals surface area contributed by atoms with Gasteiger partial charge < -0.3 is 20.4 Å². The summed E-state index contributed by atoms with van der Waals surface area (Å²) in [5.74, 6) is -0.155.